The van der Waals surface area contributed by atoms with E-state index in [1.165, 1.54) is 0 Å². The molecule has 7 nitrogen and oxygen atoms in total. The Morgan fingerprint density at radius 1 is 1.82 bits per heavy atom. The van der Waals surface area contributed by atoms with Crippen LogP contribution in [0.2, 0.25) is 0 Å². The third-order valence-electron chi connectivity index (χ3n) is 0.769. The molecule has 1 radical (unpaired) electrons. The summed E-state index contributed by atoms with van der Waals surface area (Å²) in [6, 6.07) is 0. The number of carbonyl (C=O) groups excluding carboxylic acids is 1. The second-order valence-corrected chi connectivity index (χ2v) is 1.54. The Morgan fingerprint density at radius 3 is 2.64 bits per heavy atom. The maximum absolute atomic E-state index is 9.87. The molecule has 0 aromatic heterocycles. The van der Waals surface area contributed by atoms with Gasteiger partial charge in [-0.25, -0.2) is 4.79 Å². The molecule has 0 aliphatic carbocycles. The summed E-state index contributed by atoms with van der Waals surface area (Å²) in [5, 5.41) is 17.9. The zero-order valence-electron chi connectivity index (χ0n) is 5.22. The lowest BCUT2D eigenvalue weighted by atomic mass is 10.4. The van der Waals surface area contributed by atoms with Gasteiger partial charge < -0.3 is 9.84 Å². The summed E-state index contributed by atoms with van der Waals surface area (Å²) < 4.78 is 3.73. The van der Waals surface area contributed by atoms with Crippen molar-refractivity contribution >= 4 is 12.4 Å². The fourth-order valence-corrected chi connectivity index (χ4v) is 0.364. The van der Waals surface area contributed by atoms with Gasteiger partial charge in [0.1, 0.15) is 0 Å². The lowest BCUT2D eigenvalue weighted by Crippen LogP contribution is -2.25. The van der Waals surface area contributed by atoms with Crippen LogP contribution in [0.4, 0.5) is 0 Å². The van der Waals surface area contributed by atoms with Crippen molar-refractivity contribution in [3.8, 4) is 0 Å². The smallest absolute Gasteiger partial charge is 0.422 e. The summed E-state index contributed by atoms with van der Waals surface area (Å²) in [5.41, 5.74) is 0. The molecule has 0 aliphatic rings. The maximum Gasteiger partial charge on any atom is 0.422 e. The molecule has 0 saturated heterocycles. The summed E-state index contributed by atoms with van der Waals surface area (Å²) in [6.45, 7) is 0.799. The molecule has 0 amide bonds. The molecular weight excluding hydrogens is 158 g/mol. The van der Waals surface area contributed by atoms with Crippen LogP contribution in [0.25, 0.3) is 0 Å². The first-order valence-corrected chi connectivity index (χ1v) is 2.46. The van der Waals surface area contributed by atoms with Gasteiger partial charge in [0.25, 0.3) is 0 Å². The predicted molar refractivity (Wildman–Crippen MR) is 29.8 cm³/mol. The second-order valence-electron chi connectivity index (χ2n) is 1.54. The third-order valence-corrected chi connectivity index (χ3v) is 0.769. The van der Waals surface area contributed by atoms with E-state index in [0.29, 0.717) is 0 Å². The first-order chi connectivity index (χ1) is 5.07. The van der Waals surface area contributed by atoms with E-state index < -0.39 is 23.5 Å². The quantitative estimate of drug-likeness (QED) is 0.320. The minimum Gasteiger partial charge on any atom is -0.481 e. The summed E-state index contributed by atoms with van der Waals surface area (Å²) in [5.74, 6) is -1.41. The van der Waals surface area contributed by atoms with Crippen LogP contribution < -0.4 is 0 Å². The number of hydrogen-bond donors (Lipinski definition) is 1. The largest absolute Gasteiger partial charge is 0.481 e. The Morgan fingerprint density at radius 2 is 2.36 bits per heavy atom. The topological polar surface area (TPSA) is 107 Å². The van der Waals surface area contributed by atoms with E-state index in [0.717, 1.165) is 6.47 Å². The van der Waals surface area contributed by atoms with Crippen molar-refractivity contribution in [2.45, 2.75) is 12.6 Å². The van der Waals surface area contributed by atoms with Crippen LogP contribution in [0.3, 0.4) is 0 Å². The highest BCUT2D eigenvalue weighted by molar-refractivity contribution is 5.67. The number of carboxylic acid groups (broad SMARTS) is 1. The molecule has 61 valence electrons. The fraction of sp³-hybridized carbons (Fsp3) is 0.500. The third kappa shape index (κ3) is 3.84. The molecule has 0 aromatic rings. The minimum absolute atomic E-state index is 0.799. The van der Waals surface area contributed by atoms with E-state index in [1.54, 1.807) is 0 Å². The molecule has 0 spiro atoms. The monoisotopic (exact) mass is 162 g/mol. The van der Waals surface area contributed by atoms with Gasteiger partial charge >= 0.3 is 18.7 Å². The van der Waals surface area contributed by atoms with Crippen LogP contribution in [0.15, 0.2) is 0 Å². The lowest BCUT2D eigenvalue weighted by Gasteiger charge is -2.01. The minimum atomic E-state index is -1.84. The number of nitro groups is 1. The van der Waals surface area contributed by atoms with Gasteiger partial charge in [-0.3, -0.25) is 14.9 Å². The van der Waals surface area contributed by atoms with E-state index in [9.17, 15) is 19.7 Å². The number of hydrogen-bond acceptors (Lipinski definition) is 5. The first-order valence-electron chi connectivity index (χ1n) is 2.46. The predicted octanol–water partition coefficient (Wildman–Crippen LogP) is -0.852. The number of aliphatic carboxylic acids is 1. The first kappa shape index (κ1) is 9.34. The van der Waals surface area contributed by atoms with Crippen molar-refractivity contribution in [3.05, 3.63) is 10.1 Å². The Labute approximate surface area is 60.7 Å². The van der Waals surface area contributed by atoms with Crippen LogP contribution in [-0.4, -0.2) is 28.7 Å². The molecule has 0 rings (SSSR count). The van der Waals surface area contributed by atoms with Gasteiger partial charge in [0.15, 0.2) is 6.42 Å². The number of carbonyl (C=O) groups is 1. The average molecular weight is 162 g/mol. The summed E-state index contributed by atoms with van der Waals surface area (Å²) in [7, 11) is 0. The Bertz CT molecular complexity index is 177. The average Bonchev–Trinajstić information content (AvgIpc) is 1.86. The second kappa shape index (κ2) is 4.20. The number of nitrogens with zero attached hydrogens (tertiary/aromatic N) is 1. The SMILES string of the molecule is O=[C]OC(CC(=O)O)[N+](=O)[O-]. The molecule has 0 aliphatic heterocycles. The van der Waals surface area contributed by atoms with Crippen molar-refractivity contribution < 1.29 is 24.4 Å². The van der Waals surface area contributed by atoms with Crippen molar-refractivity contribution in [1.82, 2.24) is 0 Å². The van der Waals surface area contributed by atoms with Crippen molar-refractivity contribution in [1.29, 1.82) is 0 Å². The number of rotatable bonds is 5. The summed E-state index contributed by atoms with van der Waals surface area (Å²) in [6.07, 6.45) is -2.70. The van der Waals surface area contributed by atoms with Crippen LogP contribution in [0, 0.1) is 10.1 Å². The molecule has 0 aromatic carbocycles. The highest BCUT2D eigenvalue weighted by Gasteiger charge is 2.24. The van der Waals surface area contributed by atoms with E-state index in [1.807, 2.05) is 0 Å². The van der Waals surface area contributed by atoms with Gasteiger partial charge in [-0.05, 0) is 0 Å². The molecule has 11 heavy (non-hydrogen) atoms. The molecule has 0 fully saturated rings. The molecule has 0 bridgehead atoms. The molecule has 0 heterocycles. The van der Waals surface area contributed by atoms with Crippen LogP contribution in [0.1, 0.15) is 6.42 Å². The molecule has 0 saturated carbocycles. The van der Waals surface area contributed by atoms with Gasteiger partial charge in [0.05, 0.1) is 4.92 Å². The summed E-state index contributed by atoms with van der Waals surface area (Å²) >= 11 is 0. The Hall–Kier alpha value is -1.66. The molecule has 1 unspecified atom stereocenters. The van der Waals surface area contributed by atoms with Gasteiger partial charge in [-0.1, -0.05) is 0 Å². The van der Waals surface area contributed by atoms with Gasteiger partial charge in [-0.15, -0.1) is 0 Å². The highest BCUT2D eigenvalue weighted by Crippen LogP contribution is 1.96. The van der Waals surface area contributed by atoms with Crippen LogP contribution in [0.5, 0.6) is 0 Å². The molecule has 1 N–H and O–H groups in total. The van der Waals surface area contributed by atoms with E-state index in [-0.39, 0.29) is 0 Å². The van der Waals surface area contributed by atoms with Crippen molar-refractivity contribution in [3.63, 3.8) is 0 Å². The van der Waals surface area contributed by atoms with Gasteiger partial charge in [0, 0.05) is 0 Å². The van der Waals surface area contributed by atoms with E-state index in [4.69, 9.17) is 5.11 Å². The van der Waals surface area contributed by atoms with Gasteiger partial charge in [-0.2, -0.15) is 0 Å². The van der Waals surface area contributed by atoms with Crippen molar-refractivity contribution in [2.24, 2.45) is 0 Å². The highest BCUT2D eigenvalue weighted by atomic mass is 16.7. The van der Waals surface area contributed by atoms with E-state index >= 15 is 0 Å². The number of ether oxygens (including phenoxy) is 1. The maximum atomic E-state index is 9.87. The lowest BCUT2D eigenvalue weighted by molar-refractivity contribution is -0.564. The zero-order chi connectivity index (χ0) is 8.85. The van der Waals surface area contributed by atoms with E-state index in [2.05, 4.69) is 4.74 Å². The zero-order valence-corrected chi connectivity index (χ0v) is 5.22. The van der Waals surface area contributed by atoms with Gasteiger partial charge in [0.2, 0.25) is 0 Å². The Balaban J connectivity index is 3.99. The Kier molecular flexibility index (Phi) is 3.57. The van der Waals surface area contributed by atoms with Crippen molar-refractivity contribution in [2.75, 3.05) is 0 Å². The normalized spacial score (nSPS) is 11.6. The molecular formula is C4H4NO6. The number of carboxylic acids is 1. The van der Waals surface area contributed by atoms with Crippen LogP contribution in [-0.2, 0) is 14.3 Å². The standard InChI is InChI=1S/C4H4NO6/c6-2-11-3(5(9)10)1-4(7)8/h3H,1H2,(H,7,8). The fourth-order valence-electron chi connectivity index (χ4n) is 0.364. The molecule has 1 atom stereocenters. The molecule has 7 heteroatoms. The van der Waals surface area contributed by atoms with Crippen LogP contribution >= 0.6 is 0 Å². The summed E-state index contributed by atoms with van der Waals surface area (Å²) in [4.78, 5) is 28.2.